The molecule has 0 saturated carbocycles. The van der Waals surface area contributed by atoms with Crippen LogP contribution in [0.15, 0.2) is 23.0 Å². The number of aromatic nitrogens is 2. The molecule has 2 aromatic heterocycles. The molecule has 7 nitrogen and oxygen atoms in total. The van der Waals surface area contributed by atoms with Crippen molar-refractivity contribution in [1.82, 2.24) is 19.8 Å². The molecular formula is C25H30N4O3S. The average molecular weight is 467 g/mol. The van der Waals surface area contributed by atoms with Gasteiger partial charge >= 0.3 is 0 Å². The number of thiophene rings is 1. The fraction of sp³-hybridized carbons (Fsp3) is 0.520. The summed E-state index contributed by atoms with van der Waals surface area (Å²) in [5.74, 6) is 3.16. The monoisotopic (exact) mass is 466 g/mol. The van der Waals surface area contributed by atoms with Crippen LogP contribution in [-0.4, -0.2) is 52.7 Å². The normalized spacial score (nSPS) is 21.9. The third kappa shape index (κ3) is 3.94. The van der Waals surface area contributed by atoms with E-state index in [4.69, 9.17) is 14.5 Å². The van der Waals surface area contributed by atoms with Crippen molar-refractivity contribution in [3.05, 3.63) is 50.4 Å². The van der Waals surface area contributed by atoms with E-state index in [0.717, 1.165) is 79.5 Å². The second kappa shape index (κ2) is 8.42. The summed E-state index contributed by atoms with van der Waals surface area (Å²) in [4.78, 5) is 28.2. The number of benzene rings is 1. The quantitative estimate of drug-likeness (QED) is 0.632. The molecule has 4 heterocycles. The molecule has 0 unspecified atom stereocenters. The van der Waals surface area contributed by atoms with E-state index in [1.165, 1.54) is 16.0 Å². The number of nitrogens with zero attached hydrogens (tertiary/aromatic N) is 3. The predicted molar refractivity (Wildman–Crippen MR) is 129 cm³/mol. The van der Waals surface area contributed by atoms with Crippen LogP contribution in [0.4, 0.5) is 0 Å². The van der Waals surface area contributed by atoms with Gasteiger partial charge in [0.25, 0.3) is 5.56 Å². The van der Waals surface area contributed by atoms with Crippen molar-refractivity contribution in [3.8, 4) is 11.5 Å². The Labute approximate surface area is 197 Å². The van der Waals surface area contributed by atoms with Crippen molar-refractivity contribution in [1.29, 1.82) is 0 Å². The molecule has 174 valence electrons. The first-order valence-electron chi connectivity index (χ1n) is 11.9. The summed E-state index contributed by atoms with van der Waals surface area (Å²) in [7, 11) is 0. The summed E-state index contributed by atoms with van der Waals surface area (Å²) in [5.41, 5.74) is 2.53. The van der Waals surface area contributed by atoms with E-state index < -0.39 is 0 Å². The van der Waals surface area contributed by atoms with E-state index in [9.17, 15) is 4.79 Å². The number of H-pyrrole nitrogens is 1. The van der Waals surface area contributed by atoms with Gasteiger partial charge in [-0.15, -0.1) is 11.3 Å². The first-order valence-corrected chi connectivity index (χ1v) is 12.8. The Morgan fingerprint density at radius 2 is 2.03 bits per heavy atom. The summed E-state index contributed by atoms with van der Waals surface area (Å²) in [6.45, 7) is 9.53. The lowest BCUT2D eigenvalue weighted by atomic mass is 9.89. The van der Waals surface area contributed by atoms with Crippen molar-refractivity contribution in [3.63, 3.8) is 0 Å². The number of nitrogens with one attached hydrogen (secondary N) is 1. The lowest BCUT2D eigenvalue weighted by Crippen LogP contribution is -2.47. The zero-order chi connectivity index (χ0) is 22.5. The smallest absolute Gasteiger partial charge is 0.259 e. The Hall–Kier alpha value is -2.42. The molecule has 0 radical (unpaired) electrons. The summed E-state index contributed by atoms with van der Waals surface area (Å²) in [5, 5.41) is 0.839. The van der Waals surface area contributed by atoms with Gasteiger partial charge in [-0.2, -0.15) is 0 Å². The number of rotatable bonds is 4. The van der Waals surface area contributed by atoms with Gasteiger partial charge < -0.3 is 14.5 Å². The third-order valence-corrected chi connectivity index (χ3v) is 8.53. The predicted octanol–water partition coefficient (Wildman–Crippen LogP) is 3.72. The Morgan fingerprint density at radius 3 is 2.88 bits per heavy atom. The molecule has 3 aliphatic rings. The zero-order valence-electron chi connectivity index (χ0n) is 19.2. The van der Waals surface area contributed by atoms with Crippen LogP contribution >= 0.6 is 11.3 Å². The summed E-state index contributed by atoms with van der Waals surface area (Å²) in [6.07, 6.45) is 3.24. The first-order chi connectivity index (χ1) is 16.0. The molecule has 3 aromatic rings. The standard InChI is InChI=1S/C25H30N4O3S/c1-15-3-5-18-21(11-15)33-25-22(18)24(30)26-23(27-25)16(2)29-9-7-28(8-10-29)13-17-4-6-19-20(12-17)32-14-31-19/h4,6,12,15-16H,3,5,7-11,13-14H2,1-2H3,(H,26,27,30)/t15-,16+/m1/s1. The molecule has 1 saturated heterocycles. The van der Waals surface area contributed by atoms with Gasteiger partial charge in [-0.25, -0.2) is 4.98 Å². The maximum absolute atomic E-state index is 13.0. The highest BCUT2D eigenvalue weighted by Crippen LogP contribution is 2.36. The molecule has 8 heteroatoms. The SMILES string of the molecule is C[C@@H]1CCc2c(sc3nc([C@H](C)N4CCN(Cc5ccc6c(c5)OCO6)CC4)[nH]c(=O)c23)C1. The van der Waals surface area contributed by atoms with E-state index in [0.29, 0.717) is 12.7 Å². The largest absolute Gasteiger partial charge is 0.454 e. The number of ether oxygens (including phenoxy) is 2. The summed E-state index contributed by atoms with van der Waals surface area (Å²) in [6, 6.07) is 6.29. The summed E-state index contributed by atoms with van der Waals surface area (Å²) >= 11 is 1.73. The highest BCUT2D eigenvalue weighted by Gasteiger charge is 2.27. The molecule has 2 atom stereocenters. The van der Waals surface area contributed by atoms with Gasteiger partial charge in [0.15, 0.2) is 11.5 Å². The van der Waals surface area contributed by atoms with Crippen LogP contribution in [0.1, 0.15) is 48.1 Å². The van der Waals surface area contributed by atoms with Gasteiger partial charge in [0.05, 0.1) is 11.4 Å². The number of fused-ring (bicyclic) bond motifs is 4. The second-order valence-electron chi connectivity index (χ2n) is 9.66. The van der Waals surface area contributed by atoms with E-state index in [1.54, 1.807) is 11.3 Å². The second-order valence-corrected chi connectivity index (χ2v) is 10.7. The number of aryl methyl sites for hydroxylation is 1. The number of hydrogen-bond donors (Lipinski definition) is 1. The molecule has 2 aliphatic heterocycles. The Balaban J connectivity index is 1.14. The molecule has 0 bridgehead atoms. The number of hydrogen-bond acceptors (Lipinski definition) is 7. The van der Waals surface area contributed by atoms with Gasteiger partial charge in [0, 0.05) is 37.6 Å². The molecule has 33 heavy (non-hydrogen) atoms. The highest BCUT2D eigenvalue weighted by molar-refractivity contribution is 7.18. The van der Waals surface area contributed by atoms with Crippen molar-refractivity contribution in [2.75, 3.05) is 33.0 Å². The van der Waals surface area contributed by atoms with Crippen molar-refractivity contribution < 1.29 is 9.47 Å². The van der Waals surface area contributed by atoms with Crippen LogP contribution in [0, 0.1) is 5.92 Å². The van der Waals surface area contributed by atoms with Gasteiger partial charge in [-0.1, -0.05) is 13.0 Å². The van der Waals surface area contributed by atoms with E-state index in [2.05, 4.69) is 40.8 Å². The molecule has 0 spiro atoms. The molecule has 1 aromatic carbocycles. The van der Waals surface area contributed by atoms with E-state index in [-0.39, 0.29) is 11.6 Å². The molecule has 0 amide bonds. The van der Waals surface area contributed by atoms with Crippen LogP contribution in [0.5, 0.6) is 11.5 Å². The van der Waals surface area contributed by atoms with Crippen LogP contribution < -0.4 is 15.0 Å². The lowest BCUT2D eigenvalue weighted by molar-refractivity contribution is 0.0948. The minimum atomic E-state index is 0.0374. The Bertz CT molecular complexity index is 1240. The maximum Gasteiger partial charge on any atom is 0.259 e. The third-order valence-electron chi connectivity index (χ3n) is 7.38. The first kappa shape index (κ1) is 21.1. The molecule has 1 fully saturated rings. The van der Waals surface area contributed by atoms with Crippen molar-refractivity contribution >= 4 is 21.6 Å². The van der Waals surface area contributed by atoms with E-state index >= 15 is 0 Å². The van der Waals surface area contributed by atoms with Gasteiger partial charge in [0.1, 0.15) is 10.7 Å². The van der Waals surface area contributed by atoms with Gasteiger partial charge in [0.2, 0.25) is 6.79 Å². The summed E-state index contributed by atoms with van der Waals surface area (Å²) < 4.78 is 10.9. The number of aromatic amines is 1. The van der Waals surface area contributed by atoms with Crippen LogP contribution in [-0.2, 0) is 19.4 Å². The van der Waals surface area contributed by atoms with Crippen LogP contribution in [0.2, 0.25) is 0 Å². The van der Waals surface area contributed by atoms with E-state index in [1.807, 2.05) is 6.07 Å². The number of piperazine rings is 1. The lowest BCUT2D eigenvalue weighted by Gasteiger charge is -2.37. The highest BCUT2D eigenvalue weighted by atomic mass is 32.1. The van der Waals surface area contributed by atoms with Gasteiger partial charge in [-0.05, 0) is 55.4 Å². The van der Waals surface area contributed by atoms with Crippen molar-refractivity contribution in [2.24, 2.45) is 5.92 Å². The maximum atomic E-state index is 13.0. The fourth-order valence-electron chi connectivity index (χ4n) is 5.34. The van der Waals surface area contributed by atoms with Gasteiger partial charge in [-0.3, -0.25) is 14.6 Å². The molecule has 6 rings (SSSR count). The topological polar surface area (TPSA) is 70.7 Å². The Kier molecular flexibility index (Phi) is 5.39. The minimum Gasteiger partial charge on any atom is -0.454 e. The van der Waals surface area contributed by atoms with Crippen LogP contribution in [0.25, 0.3) is 10.2 Å². The van der Waals surface area contributed by atoms with Crippen LogP contribution in [0.3, 0.4) is 0 Å². The minimum absolute atomic E-state index is 0.0374. The average Bonchev–Trinajstić information content (AvgIpc) is 3.42. The van der Waals surface area contributed by atoms with Crippen molar-refractivity contribution in [2.45, 2.75) is 45.7 Å². The molecule has 1 N–H and O–H groups in total. The Morgan fingerprint density at radius 1 is 1.21 bits per heavy atom. The molecule has 1 aliphatic carbocycles. The fourth-order valence-corrected chi connectivity index (χ4v) is 6.73. The molecular weight excluding hydrogens is 436 g/mol. The zero-order valence-corrected chi connectivity index (χ0v) is 20.0.